The molecular formula is C20H28O4P2Zn. The Morgan fingerprint density at radius 3 is 1.22 bits per heavy atom. The van der Waals surface area contributed by atoms with Crippen molar-refractivity contribution in [3.8, 4) is 0 Å². The quantitative estimate of drug-likeness (QED) is 0.444. The van der Waals surface area contributed by atoms with Crippen molar-refractivity contribution in [2.75, 3.05) is 24.6 Å². The Kier molecular flexibility index (Phi) is 13.3. The van der Waals surface area contributed by atoms with Gasteiger partial charge in [-0.2, -0.15) is 0 Å². The summed E-state index contributed by atoms with van der Waals surface area (Å²) in [7, 11) is -6.18. The maximum Gasteiger partial charge on any atom is 2.00 e. The van der Waals surface area contributed by atoms with E-state index in [2.05, 4.69) is 0 Å². The van der Waals surface area contributed by atoms with Gasteiger partial charge < -0.3 is 18.9 Å². The van der Waals surface area contributed by atoms with Crippen molar-refractivity contribution in [3.63, 3.8) is 0 Å². The largest absolute Gasteiger partial charge is 2.00 e. The standard InChI is InChI=1S/2C10H15O2P.Zn/c2*1-2-13(11,12)9-8-10-6-4-3-5-7-10;/h2*3-7H,2,8-9H2,1H3,(H,11,12);/q;;+2/p-2. The minimum Gasteiger partial charge on any atom is -0.799 e. The molecular weight excluding hydrogens is 432 g/mol. The van der Waals surface area contributed by atoms with Crippen LogP contribution in [0.5, 0.6) is 0 Å². The Morgan fingerprint density at radius 1 is 0.667 bits per heavy atom. The van der Waals surface area contributed by atoms with Crippen LogP contribution in [0.15, 0.2) is 60.7 Å². The normalized spacial score (nSPS) is 14.7. The minimum atomic E-state index is -3.09. The number of aryl methyl sites for hydroxylation is 2. The first-order valence-corrected chi connectivity index (χ1v) is 12.9. The number of hydrogen-bond acceptors (Lipinski definition) is 4. The van der Waals surface area contributed by atoms with Crippen LogP contribution in [-0.4, -0.2) is 24.6 Å². The molecule has 2 aromatic rings. The Hall–Kier alpha value is -0.557. The zero-order valence-electron chi connectivity index (χ0n) is 16.3. The van der Waals surface area contributed by atoms with Gasteiger partial charge in [0.25, 0.3) is 0 Å². The fraction of sp³-hybridized carbons (Fsp3) is 0.400. The third kappa shape index (κ3) is 12.5. The van der Waals surface area contributed by atoms with Crippen molar-refractivity contribution in [2.24, 2.45) is 0 Å². The molecule has 0 spiro atoms. The van der Waals surface area contributed by atoms with Gasteiger partial charge in [0.15, 0.2) is 0 Å². The molecule has 0 N–H and O–H groups in total. The third-order valence-electron chi connectivity index (χ3n) is 4.13. The molecule has 0 aliphatic carbocycles. The van der Waals surface area contributed by atoms with Crippen LogP contribution in [0.4, 0.5) is 0 Å². The summed E-state index contributed by atoms with van der Waals surface area (Å²) in [5, 5.41) is 0. The Morgan fingerprint density at radius 2 is 0.963 bits per heavy atom. The zero-order chi connectivity index (χ0) is 19.5. The van der Waals surface area contributed by atoms with Crippen LogP contribution in [0, 0.1) is 0 Å². The molecule has 144 valence electrons. The first-order chi connectivity index (χ1) is 12.3. The van der Waals surface area contributed by atoms with E-state index in [1.165, 1.54) is 0 Å². The van der Waals surface area contributed by atoms with E-state index < -0.39 is 14.7 Å². The second-order valence-electron chi connectivity index (χ2n) is 6.18. The summed E-state index contributed by atoms with van der Waals surface area (Å²) in [4.78, 5) is 22.4. The molecule has 2 unspecified atom stereocenters. The molecule has 0 saturated carbocycles. The van der Waals surface area contributed by atoms with Gasteiger partial charge in [-0.15, -0.1) is 0 Å². The van der Waals surface area contributed by atoms with Crippen LogP contribution in [0.2, 0.25) is 0 Å². The maximum atomic E-state index is 11.2. The first-order valence-electron chi connectivity index (χ1n) is 8.94. The third-order valence-corrected chi connectivity index (χ3v) is 7.87. The smallest absolute Gasteiger partial charge is 0.799 e. The van der Waals surface area contributed by atoms with Crippen molar-refractivity contribution in [3.05, 3.63) is 71.8 Å². The summed E-state index contributed by atoms with van der Waals surface area (Å²) in [6.07, 6.45) is 2.37. The summed E-state index contributed by atoms with van der Waals surface area (Å²) in [5.41, 5.74) is 2.18. The molecule has 0 radical (unpaired) electrons. The van der Waals surface area contributed by atoms with Crippen molar-refractivity contribution in [1.82, 2.24) is 0 Å². The molecule has 0 heterocycles. The van der Waals surface area contributed by atoms with Crippen LogP contribution in [0.1, 0.15) is 25.0 Å². The second kappa shape index (κ2) is 13.6. The van der Waals surface area contributed by atoms with Crippen molar-refractivity contribution in [1.29, 1.82) is 0 Å². The summed E-state index contributed by atoms with van der Waals surface area (Å²) in [6.45, 7) is 3.39. The van der Waals surface area contributed by atoms with Crippen LogP contribution in [0.25, 0.3) is 0 Å². The Balaban J connectivity index is 0.000000483. The Labute approximate surface area is 176 Å². The monoisotopic (exact) mass is 458 g/mol. The number of benzene rings is 2. The first kappa shape index (κ1) is 26.4. The maximum absolute atomic E-state index is 11.2. The van der Waals surface area contributed by atoms with E-state index in [1.807, 2.05) is 60.7 Å². The van der Waals surface area contributed by atoms with Crippen molar-refractivity contribution >= 4 is 14.7 Å². The van der Waals surface area contributed by atoms with Gasteiger partial charge >= 0.3 is 19.5 Å². The predicted molar refractivity (Wildman–Crippen MR) is 106 cm³/mol. The molecule has 2 aromatic carbocycles. The van der Waals surface area contributed by atoms with E-state index in [0.29, 0.717) is 12.8 Å². The van der Waals surface area contributed by atoms with Gasteiger partial charge in [0.05, 0.1) is 0 Å². The van der Waals surface area contributed by atoms with Gasteiger partial charge in [-0.1, -0.05) is 74.5 Å². The molecule has 0 aromatic heterocycles. The topological polar surface area (TPSA) is 80.3 Å². The van der Waals surface area contributed by atoms with Gasteiger partial charge in [0.1, 0.15) is 0 Å². The van der Waals surface area contributed by atoms with Crippen LogP contribution in [-0.2, 0) is 41.4 Å². The van der Waals surface area contributed by atoms with E-state index in [-0.39, 0.29) is 44.1 Å². The average molecular weight is 460 g/mol. The van der Waals surface area contributed by atoms with Gasteiger partial charge in [0, 0.05) is 14.7 Å². The van der Waals surface area contributed by atoms with Gasteiger partial charge in [-0.05, 0) is 48.6 Å². The molecule has 0 bridgehead atoms. The predicted octanol–water partition coefficient (Wildman–Crippen LogP) is 3.77. The molecule has 4 nitrogen and oxygen atoms in total. The van der Waals surface area contributed by atoms with Crippen LogP contribution < -0.4 is 9.79 Å². The molecule has 2 rings (SSSR count). The molecule has 0 aliphatic heterocycles. The fourth-order valence-corrected chi connectivity index (χ4v) is 4.03. The van der Waals surface area contributed by atoms with Gasteiger partial charge in [0.2, 0.25) is 0 Å². The van der Waals surface area contributed by atoms with Crippen molar-refractivity contribution in [2.45, 2.75) is 26.7 Å². The molecule has 0 aliphatic rings. The van der Waals surface area contributed by atoms with E-state index >= 15 is 0 Å². The van der Waals surface area contributed by atoms with Crippen molar-refractivity contribution < 1.29 is 38.4 Å². The van der Waals surface area contributed by atoms with Gasteiger partial charge in [-0.25, -0.2) is 0 Å². The summed E-state index contributed by atoms with van der Waals surface area (Å²) >= 11 is 0. The fourth-order valence-electron chi connectivity index (χ4n) is 2.20. The number of rotatable bonds is 8. The molecule has 7 heteroatoms. The average Bonchev–Trinajstić information content (AvgIpc) is 2.67. The Bertz CT molecular complexity index is 660. The SMILES string of the molecule is CCP(=O)([O-])CCc1ccccc1.CCP(=O)([O-])CCc1ccccc1.[Zn+2]. The number of hydrogen-bond donors (Lipinski definition) is 0. The van der Waals surface area contributed by atoms with E-state index in [1.54, 1.807) is 13.8 Å². The summed E-state index contributed by atoms with van der Waals surface area (Å²) in [6, 6.07) is 19.4. The minimum absolute atomic E-state index is 0. The molecule has 0 saturated heterocycles. The van der Waals surface area contributed by atoms with Crippen LogP contribution in [0.3, 0.4) is 0 Å². The van der Waals surface area contributed by atoms with E-state index in [4.69, 9.17) is 0 Å². The molecule has 2 atom stereocenters. The summed E-state index contributed by atoms with van der Waals surface area (Å²) < 4.78 is 22.4. The van der Waals surface area contributed by atoms with Crippen LogP contribution >= 0.6 is 14.7 Å². The molecule has 0 amide bonds. The van der Waals surface area contributed by atoms with E-state index in [0.717, 1.165) is 11.1 Å². The van der Waals surface area contributed by atoms with Gasteiger partial charge in [-0.3, -0.25) is 0 Å². The zero-order valence-corrected chi connectivity index (χ0v) is 21.0. The molecule has 27 heavy (non-hydrogen) atoms. The molecule has 0 fully saturated rings. The summed E-state index contributed by atoms with van der Waals surface area (Å²) in [5.74, 6) is 0. The second-order valence-corrected chi connectivity index (χ2v) is 11.6. The van der Waals surface area contributed by atoms with E-state index in [9.17, 15) is 18.9 Å².